The van der Waals surface area contributed by atoms with E-state index in [1.165, 1.54) is 4.68 Å². The molecular formula is C17H22N6O3. The van der Waals surface area contributed by atoms with Gasteiger partial charge < -0.3 is 10.6 Å². The number of hydrogen-bond acceptors (Lipinski definition) is 5. The maximum absolute atomic E-state index is 12.3. The summed E-state index contributed by atoms with van der Waals surface area (Å²) in [5.41, 5.74) is 1.92. The summed E-state index contributed by atoms with van der Waals surface area (Å²) in [7, 11) is 0. The van der Waals surface area contributed by atoms with Crippen molar-refractivity contribution in [2.75, 3.05) is 11.9 Å². The summed E-state index contributed by atoms with van der Waals surface area (Å²) < 4.78 is 1.34. The molecule has 9 nitrogen and oxygen atoms in total. The molecule has 1 aliphatic rings. The van der Waals surface area contributed by atoms with E-state index < -0.39 is 11.8 Å². The zero-order valence-corrected chi connectivity index (χ0v) is 14.9. The minimum absolute atomic E-state index is 0.184. The van der Waals surface area contributed by atoms with Gasteiger partial charge in [0.25, 0.3) is 5.56 Å². The Kier molecular flexibility index (Phi) is 5.15. The van der Waals surface area contributed by atoms with Gasteiger partial charge in [-0.2, -0.15) is 9.78 Å². The van der Waals surface area contributed by atoms with E-state index in [0.29, 0.717) is 17.8 Å². The minimum atomic E-state index is -0.792. The maximum atomic E-state index is 12.3. The van der Waals surface area contributed by atoms with Crippen molar-refractivity contribution in [3.8, 4) is 5.95 Å². The average molecular weight is 358 g/mol. The molecule has 2 aromatic heterocycles. The smallest absolute Gasteiger partial charge is 0.314 e. The Labute approximate surface area is 150 Å². The molecule has 138 valence electrons. The molecule has 2 aromatic rings. The number of aromatic nitrogens is 4. The molecule has 0 saturated carbocycles. The van der Waals surface area contributed by atoms with Crippen LogP contribution in [0.15, 0.2) is 10.9 Å². The molecule has 9 heteroatoms. The van der Waals surface area contributed by atoms with E-state index in [1.807, 2.05) is 6.92 Å². The van der Waals surface area contributed by atoms with E-state index in [1.54, 1.807) is 13.0 Å². The van der Waals surface area contributed by atoms with Crippen LogP contribution in [0.3, 0.4) is 0 Å². The first-order chi connectivity index (χ1) is 12.5. The molecule has 3 N–H and O–H groups in total. The molecular weight excluding hydrogens is 336 g/mol. The molecule has 2 heterocycles. The van der Waals surface area contributed by atoms with E-state index >= 15 is 0 Å². The van der Waals surface area contributed by atoms with Crippen molar-refractivity contribution in [3.05, 3.63) is 33.4 Å². The fraction of sp³-hybridized carbons (Fsp3) is 0.471. The zero-order chi connectivity index (χ0) is 18.7. The summed E-state index contributed by atoms with van der Waals surface area (Å²) in [6.45, 7) is 4.07. The van der Waals surface area contributed by atoms with Gasteiger partial charge in [-0.15, -0.1) is 0 Å². The van der Waals surface area contributed by atoms with Crippen LogP contribution in [0.1, 0.15) is 43.1 Å². The molecule has 0 aliphatic heterocycles. The highest BCUT2D eigenvalue weighted by atomic mass is 16.2. The van der Waals surface area contributed by atoms with Crippen molar-refractivity contribution in [2.45, 2.75) is 46.0 Å². The molecule has 26 heavy (non-hydrogen) atoms. The first-order valence-electron chi connectivity index (χ1n) is 8.78. The van der Waals surface area contributed by atoms with E-state index in [4.69, 9.17) is 0 Å². The van der Waals surface area contributed by atoms with Crippen molar-refractivity contribution in [1.82, 2.24) is 25.1 Å². The highest BCUT2D eigenvalue weighted by molar-refractivity contribution is 6.39. The number of aryl methyl sites for hydroxylation is 2. The largest absolute Gasteiger partial charge is 0.348 e. The monoisotopic (exact) mass is 358 g/mol. The van der Waals surface area contributed by atoms with Crippen molar-refractivity contribution in [3.63, 3.8) is 0 Å². The number of amides is 2. The third-order valence-electron chi connectivity index (χ3n) is 4.19. The van der Waals surface area contributed by atoms with Gasteiger partial charge in [0.05, 0.1) is 11.4 Å². The van der Waals surface area contributed by atoms with Gasteiger partial charge in [0.15, 0.2) is 0 Å². The van der Waals surface area contributed by atoms with Gasteiger partial charge in [0, 0.05) is 18.2 Å². The van der Waals surface area contributed by atoms with Gasteiger partial charge in [0.2, 0.25) is 5.95 Å². The summed E-state index contributed by atoms with van der Waals surface area (Å²) in [5, 5.41) is 9.32. The standard InChI is InChI=1S/C17H22N6O3/c1-3-8-18-15(25)16(26)20-13-9-10(2)22-23(13)17-19-12-7-5-4-6-11(12)14(24)21-17/h9H,3-8H2,1-2H3,(H,18,25)(H,20,26)(H,19,21,24). The van der Waals surface area contributed by atoms with Crippen LogP contribution >= 0.6 is 0 Å². The molecule has 0 radical (unpaired) electrons. The number of H-pyrrole nitrogens is 1. The first-order valence-corrected chi connectivity index (χ1v) is 8.78. The van der Waals surface area contributed by atoms with Crippen LogP contribution < -0.4 is 16.2 Å². The second-order valence-corrected chi connectivity index (χ2v) is 6.31. The maximum Gasteiger partial charge on any atom is 0.314 e. The van der Waals surface area contributed by atoms with Crippen molar-refractivity contribution >= 4 is 17.6 Å². The van der Waals surface area contributed by atoms with Crippen LogP contribution in [0, 0.1) is 6.92 Å². The van der Waals surface area contributed by atoms with E-state index in [2.05, 4.69) is 25.7 Å². The number of rotatable bonds is 4. The number of nitrogens with one attached hydrogen (secondary N) is 3. The van der Waals surface area contributed by atoms with Gasteiger partial charge in [0.1, 0.15) is 5.82 Å². The SMILES string of the molecule is CCCNC(=O)C(=O)Nc1cc(C)nn1-c1nc2c(c(=O)[nH]1)CCCC2. The predicted octanol–water partition coefficient (Wildman–Crippen LogP) is 0.608. The second-order valence-electron chi connectivity index (χ2n) is 6.31. The summed E-state index contributed by atoms with van der Waals surface area (Å²) in [4.78, 5) is 43.4. The summed E-state index contributed by atoms with van der Waals surface area (Å²) in [6.07, 6.45) is 4.16. The normalized spacial score (nSPS) is 13.2. The number of hydrogen-bond donors (Lipinski definition) is 3. The predicted molar refractivity (Wildman–Crippen MR) is 95.3 cm³/mol. The first kappa shape index (κ1) is 17.8. The lowest BCUT2D eigenvalue weighted by Crippen LogP contribution is -2.36. The van der Waals surface area contributed by atoms with Gasteiger partial charge in [-0.3, -0.25) is 19.4 Å². The lowest BCUT2D eigenvalue weighted by Gasteiger charge is -2.15. The minimum Gasteiger partial charge on any atom is -0.348 e. The Bertz CT molecular complexity index is 898. The molecule has 1 aliphatic carbocycles. The fourth-order valence-electron chi connectivity index (χ4n) is 2.93. The third kappa shape index (κ3) is 3.66. The van der Waals surface area contributed by atoms with Gasteiger partial charge in [-0.05, 0) is 39.0 Å². The topological polar surface area (TPSA) is 122 Å². The van der Waals surface area contributed by atoms with Crippen LogP contribution in [0.2, 0.25) is 0 Å². The molecule has 2 amide bonds. The van der Waals surface area contributed by atoms with E-state index in [0.717, 1.165) is 37.8 Å². The van der Waals surface area contributed by atoms with Crippen LogP contribution in [-0.4, -0.2) is 38.1 Å². The zero-order valence-electron chi connectivity index (χ0n) is 14.9. The number of carbonyl (C=O) groups is 2. The summed E-state index contributed by atoms with van der Waals surface area (Å²) in [5.74, 6) is -1.00. The third-order valence-corrected chi connectivity index (χ3v) is 4.19. The Morgan fingerprint density at radius 3 is 2.81 bits per heavy atom. The van der Waals surface area contributed by atoms with Gasteiger partial charge >= 0.3 is 11.8 Å². The molecule has 0 fully saturated rings. The number of carbonyl (C=O) groups excluding carboxylic acids is 2. The van der Waals surface area contributed by atoms with Gasteiger partial charge in [-0.1, -0.05) is 6.92 Å². The van der Waals surface area contributed by atoms with Crippen LogP contribution in [0.5, 0.6) is 0 Å². The molecule has 0 spiro atoms. The number of nitrogens with zero attached hydrogens (tertiary/aromatic N) is 3. The number of aromatic amines is 1. The summed E-state index contributed by atoms with van der Waals surface area (Å²) in [6, 6.07) is 1.62. The highest BCUT2D eigenvalue weighted by Crippen LogP contribution is 2.19. The quantitative estimate of drug-likeness (QED) is 0.691. The molecule has 3 rings (SSSR count). The highest BCUT2D eigenvalue weighted by Gasteiger charge is 2.20. The Morgan fingerprint density at radius 1 is 1.27 bits per heavy atom. The van der Waals surface area contributed by atoms with Crippen molar-refractivity contribution in [1.29, 1.82) is 0 Å². The average Bonchev–Trinajstić information content (AvgIpc) is 2.99. The van der Waals surface area contributed by atoms with E-state index in [-0.39, 0.29) is 17.3 Å². The second kappa shape index (κ2) is 7.51. The molecule has 0 bridgehead atoms. The lowest BCUT2D eigenvalue weighted by molar-refractivity contribution is -0.136. The Hall–Kier alpha value is -2.97. The van der Waals surface area contributed by atoms with Gasteiger partial charge in [-0.25, -0.2) is 4.98 Å². The van der Waals surface area contributed by atoms with Crippen molar-refractivity contribution < 1.29 is 9.59 Å². The van der Waals surface area contributed by atoms with E-state index in [9.17, 15) is 14.4 Å². The fourth-order valence-corrected chi connectivity index (χ4v) is 2.93. The Balaban J connectivity index is 1.90. The van der Waals surface area contributed by atoms with Crippen LogP contribution in [0.4, 0.5) is 5.82 Å². The van der Waals surface area contributed by atoms with Crippen LogP contribution in [0.25, 0.3) is 5.95 Å². The molecule has 0 aromatic carbocycles. The van der Waals surface area contributed by atoms with Crippen LogP contribution in [-0.2, 0) is 22.4 Å². The Morgan fingerprint density at radius 2 is 2.04 bits per heavy atom. The molecule has 0 atom stereocenters. The number of fused-ring (bicyclic) bond motifs is 1. The lowest BCUT2D eigenvalue weighted by atomic mass is 9.97. The summed E-state index contributed by atoms with van der Waals surface area (Å²) >= 11 is 0. The van der Waals surface area contributed by atoms with Crippen molar-refractivity contribution in [2.24, 2.45) is 0 Å². The molecule has 0 unspecified atom stereocenters. The number of anilines is 1. The molecule has 0 saturated heterocycles.